The number of ketones is 1. The first kappa shape index (κ1) is 16.2. The van der Waals surface area contributed by atoms with E-state index in [1.54, 1.807) is 31.2 Å². The summed E-state index contributed by atoms with van der Waals surface area (Å²) < 4.78 is 0. The third-order valence-electron chi connectivity index (χ3n) is 3.04. The molecular weight excluding hydrogens is 256 g/mol. The van der Waals surface area contributed by atoms with Gasteiger partial charge in [0.15, 0.2) is 5.78 Å². The molecule has 5 nitrogen and oxygen atoms in total. The van der Waals surface area contributed by atoms with Crippen molar-refractivity contribution in [2.24, 2.45) is 5.92 Å². The summed E-state index contributed by atoms with van der Waals surface area (Å²) in [7, 11) is 0. The smallest absolute Gasteiger partial charge is 0.320 e. The molecule has 0 amide bonds. The lowest BCUT2D eigenvalue weighted by Gasteiger charge is -2.20. The van der Waals surface area contributed by atoms with Crippen LogP contribution in [0.15, 0.2) is 24.3 Å². The Kier molecular flexibility index (Phi) is 5.70. The molecule has 20 heavy (non-hydrogen) atoms. The molecule has 0 saturated carbocycles. The summed E-state index contributed by atoms with van der Waals surface area (Å²) in [5.74, 6) is -0.835. The van der Waals surface area contributed by atoms with Crippen LogP contribution < -0.4 is 11.1 Å². The number of carboxylic acids is 1. The normalized spacial score (nSPS) is 14.0. The summed E-state index contributed by atoms with van der Waals surface area (Å²) in [5.41, 5.74) is 6.68. The average molecular weight is 278 g/mol. The first-order valence-electron chi connectivity index (χ1n) is 6.70. The van der Waals surface area contributed by atoms with E-state index >= 15 is 0 Å². The number of rotatable bonds is 7. The van der Waals surface area contributed by atoms with Crippen LogP contribution in [-0.2, 0) is 4.79 Å². The van der Waals surface area contributed by atoms with Gasteiger partial charge in [-0.05, 0) is 43.5 Å². The Hall–Kier alpha value is -1.88. The number of nitrogen functional groups attached to an aromatic ring is 1. The zero-order valence-electron chi connectivity index (χ0n) is 12.1. The maximum Gasteiger partial charge on any atom is 0.320 e. The molecular formula is C15H22N2O3. The zero-order chi connectivity index (χ0) is 15.3. The van der Waals surface area contributed by atoms with Crippen molar-refractivity contribution in [3.05, 3.63) is 29.8 Å². The molecule has 0 aromatic heterocycles. The molecule has 0 aliphatic heterocycles. The van der Waals surface area contributed by atoms with E-state index in [1.165, 1.54) is 0 Å². The average Bonchev–Trinajstić information content (AvgIpc) is 2.37. The number of carbonyl (C=O) groups is 2. The third kappa shape index (κ3) is 4.66. The van der Waals surface area contributed by atoms with Crippen molar-refractivity contribution in [2.45, 2.75) is 39.3 Å². The SMILES string of the molecule is CC(C)CC(NC(C)C(=O)c1ccc(N)cc1)C(=O)O. The number of Topliss-reactive ketones (excluding diaryl/α,β-unsaturated/α-hetero) is 1. The van der Waals surface area contributed by atoms with Gasteiger partial charge >= 0.3 is 5.97 Å². The van der Waals surface area contributed by atoms with Crippen LogP contribution in [0.1, 0.15) is 37.6 Å². The van der Waals surface area contributed by atoms with E-state index in [-0.39, 0.29) is 11.7 Å². The van der Waals surface area contributed by atoms with Gasteiger partial charge in [0.2, 0.25) is 0 Å². The van der Waals surface area contributed by atoms with Crippen LogP contribution in [0.4, 0.5) is 5.69 Å². The highest BCUT2D eigenvalue weighted by molar-refractivity contribution is 6.00. The zero-order valence-corrected chi connectivity index (χ0v) is 12.1. The quantitative estimate of drug-likeness (QED) is 0.523. The number of carboxylic acid groups (broad SMARTS) is 1. The molecule has 1 rings (SSSR count). The Morgan fingerprint density at radius 1 is 1.20 bits per heavy atom. The van der Waals surface area contributed by atoms with Gasteiger partial charge in [0.25, 0.3) is 0 Å². The van der Waals surface area contributed by atoms with Gasteiger partial charge in [-0.1, -0.05) is 13.8 Å². The summed E-state index contributed by atoms with van der Waals surface area (Å²) in [6.07, 6.45) is 0.481. The molecule has 1 aromatic carbocycles. The standard InChI is InChI=1S/C15H22N2O3/c1-9(2)8-13(15(19)20)17-10(3)14(18)11-4-6-12(16)7-5-11/h4-7,9-10,13,17H,8,16H2,1-3H3,(H,19,20). The second-order valence-electron chi connectivity index (χ2n) is 5.39. The lowest BCUT2D eigenvalue weighted by Crippen LogP contribution is -2.46. The fourth-order valence-corrected chi connectivity index (χ4v) is 1.99. The van der Waals surface area contributed by atoms with Crippen LogP contribution in [0.2, 0.25) is 0 Å². The number of benzene rings is 1. The highest BCUT2D eigenvalue weighted by Crippen LogP contribution is 2.10. The summed E-state index contributed by atoms with van der Waals surface area (Å²) in [6.45, 7) is 5.57. The Labute approximate surface area is 119 Å². The number of nitrogens with one attached hydrogen (secondary N) is 1. The Balaban J connectivity index is 2.73. The molecule has 0 saturated heterocycles. The van der Waals surface area contributed by atoms with Crippen molar-refractivity contribution < 1.29 is 14.7 Å². The Bertz CT molecular complexity index is 469. The molecule has 0 aliphatic rings. The number of anilines is 1. The van der Waals surface area contributed by atoms with Crippen LogP contribution in [0, 0.1) is 5.92 Å². The van der Waals surface area contributed by atoms with E-state index < -0.39 is 18.1 Å². The van der Waals surface area contributed by atoms with Gasteiger partial charge in [0, 0.05) is 11.3 Å². The number of nitrogens with two attached hydrogens (primary N) is 1. The lowest BCUT2D eigenvalue weighted by molar-refractivity contribution is -0.140. The van der Waals surface area contributed by atoms with Gasteiger partial charge in [-0.3, -0.25) is 14.9 Å². The van der Waals surface area contributed by atoms with E-state index in [0.29, 0.717) is 17.7 Å². The van der Waals surface area contributed by atoms with Gasteiger partial charge in [0.05, 0.1) is 6.04 Å². The predicted octanol–water partition coefficient (Wildman–Crippen LogP) is 1.93. The van der Waals surface area contributed by atoms with Crippen LogP contribution in [0.3, 0.4) is 0 Å². The van der Waals surface area contributed by atoms with Crippen molar-refractivity contribution in [3.8, 4) is 0 Å². The first-order chi connectivity index (χ1) is 9.31. The highest BCUT2D eigenvalue weighted by Gasteiger charge is 2.24. The van der Waals surface area contributed by atoms with Crippen molar-refractivity contribution in [2.75, 3.05) is 5.73 Å². The van der Waals surface area contributed by atoms with E-state index in [2.05, 4.69) is 5.32 Å². The van der Waals surface area contributed by atoms with Crippen molar-refractivity contribution >= 4 is 17.4 Å². The maximum atomic E-state index is 12.2. The Morgan fingerprint density at radius 2 is 1.75 bits per heavy atom. The second-order valence-corrected chi connectivity index (χ2v) is 5.39. The molecule has 0 aliphatic carbocycles. The second kappa shape index (κ2) is 7.05. The van der Waals surface area contributed by atoms with Crippen LogP contribution >= 0.6 is 0 Å². The monoisotopic (exact) mass is 278 g/mol. The summed E-state index contributed by atoms with van der Waals surface area (Å²) in [4.78, 5) is 23.4. The largest absolute Gasteiger partial charge is 0.480 e. The van der Waals surface area contributed by atoms with Crippen molar-refractivity contribution in [1.29, 1.82) is 0 Å². The summed E-state index contributed by atoms with van der Waals surface area (Å²) >= 11 is 0. The molecule has 4 N–H and O–H groups in total. The summed E-state index contributed by atoms with van der Waals surface area (Å²) in [5, 5.41) is 12.0. The van der Waals surface area contributed by atoms with Gasteiger partial charge < -0.3 is 10.8 Å². The van der Waals surface area contributed by atoms with Crippen LogP contribution in [-0.4, -0.2) is 28.9 Å². The minimum absolute atomic E-state index is 0.139. The van der Waals surface area contributed by atoms with Gasteiger partial charge in [-0.25, -0.2) is 0 Å². The molecule has 1 aromatic rings. The van der Waals surface area contributed by atoms with E-state index in [0.717, 1.165) is 0 Å². The van der Waals surface area contributed by atoms with E-state index in [1.807, 2.05) is 13.8 Å². The van der Waals surface area contributed by atoms with Crippen LogP contribution in [0.5, 0.6) is 0 Å². The first-order valence-corrected chi connectivity index (χ1v) is 6.70. The maximum absolute atomic E-state index is 12.2. The van der Waals surface area contributed by atoms with Crippen molar-refractivity contribution in [1.82, 2.24) is 5.32 Å². The number of hydrogen-bond acceptors (Lipinski definition) is 4. The van der Waals surface area contributed by atoms with Gasteiger partial charge in [-0.15, -0.1) is 0 Å². The van der Waals surface area contributed by atoms with E-state index in [4.69, 9.17) is 10.8 Å². The number of aliphatic carboxylic acids is 1. The molecule has 0 radical (unpaired) electrons. The lowest BCUT2D eigenvalue weighted by atomic mass is 10.0. The minimum atomic E-state index is -0.935. The third-order valence-corrected chi connectivity index (χ3v) is 3.04. The van der Waals surface area contributed by atoms with Gasteiger partial charge in [0.1, 0.15) is 6.04 Å². The predicted molar refractivity (Wildman–Crippen MR) is 78.7 cm³/mol. The molecule has 0 fully saturated rings. The molecule has 0 heterocycles. The van der Waals surface area contributed by atoms with E-state index in [9.17, 15) is 9.59 Å². The molecule has 110 valence electrons. The van der Waals surface area contributed by atoms with Gasteiger partial charge in [-0.2, -0.15) is 0 Å². The molecule has 5 heteroatoms. The molecule has 0 spiro atoms. The Morgan fingerprint density at radius 3 is 2.20 bits per heavy atom. The molecule has 2 unspecified atom stereocenters. The number of carbonyl (C=O) groups excluding carboxylic acids is 1. The minimum Gasteiger partial charge on any atom is -0.480 e. The fraction of sp³-hybridized carbons (Fsp3) is 0.467. The fourth-order valence-electron chi connectivity index (χ4n) is 1.99. The number of hydrogen-bond donors (Lipinski definition) is 3. The van der Waals surface area contributed by atoms with Crippen molar-refractivity contribution in [3.63, 3.8) is 0 Å². The highest BCUT2D eigenvalue weighted by atomic mass is 16.4. The molecule has 0 bridgehead atoms. The summed E-state index contributed by atoms with van der Waals surface area (Å²) in [6, 6.07) is 5.33. The molecule has 2 atom stereocenters. The van der Waals surface area contributed by atoms with Crippen LogP contribution in [0.25, 0.3) is 0 Å². The topological polar surface area (TPSA) is 92.4 Å².